The fourth-order valence-electron chi connectivity index (χ4n) is 6.02. The number of fused-ring (bicyclic) bond motifs is 2. The van der Waals surface area contributed by atoms with E-state index in [1.807, 2.05) is 0 Å². The standard InChI is InChI=1S/C21H34O5/c1-12-16-18(25-20(23-16)13-8-4-2-5-9-13)15(22)19-17(12)24-21(26-19)14-10-6-3-7-11-14/h12-22H,2-11H2,1H3/t12-,15-,16-,17+,18-,19-,20?,21?/m0/s1. The maximum absolute atomic E-state index is 11.0. The first kappa shape index (κ1) is 17.9. The summed E-state index contributed by atoms with van der Waals surface area (Å²) in [6.07, 6.45) is 10.8. The molecule has 2 saturated heterocycles. The van der Waals surface area contributed by atoms with Crippen molar-refractivity contribution in [2.75, 3.05) is 0 Å². The van der Waals surface area contributed by atoms with Gasteiger partial charge in [0.2, 0.25) is 0 Å². The minimum absolute atomic E-state index is 0.0770. The van der Waals surface area contributed by atoms with Gasteiger partial charge >= 0.3 is 0 Å². The van der Waals surface area contributed by atoms with Gasteiger partial charge in [0.25, 0.3) is 0 Å². The third kappa shape index (κ3) is 3.04. The normalized spacial score (nSPS) is 50.5. The number of rotatable bonds is 2. The molecule has 5 aliphatic rings. The Morgan fingerprint density at radius 2 is 0.962 bits per heavy atom. The van der Waals surface area contributed by atoms with Crippen molar-refractivity contribution in [3.63, 3.8) is 0 Å². The first-order valence-corrected chi connectivity index (χ1v) is 11.0. The predicted molar refractivity (Wildman–Crippen MR) is 95.4 cm³/mol. The van der Waals surface area contributed by atoms with Gasteiger partial charge in [-0.3, -0.25) is 0 Å². The van der Waals surface area contributed by atoms with Gasteiger partial charge in [0.15, 0.2) is 12.6 Å². The molecule has 148 valence electrons. The van der Waals surface area contributed by atoms with E-state index in [1.54, 1.807) is 0 Å². The maximum atomic E-state index is 11.0. The molecule has 3 aliphatic carbocycles. The Bertz CT molecular complexity index is 419. The lowest BCUT2D eigenvalue weighted by molar-refractivity contribution is -0.150. The van der Waals surface area contributed by atoms with Gasteiger partial charge in [0, 0.05) is 17.8 Å². The molecule has 5 rings (SSSR count). The van der Waals surface area contributed by atoms with E-state index < -0.39 is 6.10 Å². The highest BCUT2D eigenvalue weighted by Gasteiger charge is 2.60. The minimum atomic E-state index is -0.650. The number of ether oxygens (including phenoxy) is 4. The van der Waals surface area contributed by atoms with Gasteiger partial charge in [-0.25, -0.2) is 0 Å². The molecule has 0 spiro atoms. The van der Waals surface area contributed by atoms with Crippen LogP contribution < -0.4 is 0 Å². The van der Waals surface area contributed by atoms with Crippen LogP contribution >= 0.6 is 0 Å². The summed E-state index contributed by atoms with van der Waals surface area (Å²) in [6, 6.07) is 0. The van der Waals surface area contributed by atoms with Crippen LogP contribution in [0.1, 0.15) is 71.1 Å². The summed E-state index contributed by atoms with van der Waals surface area (Å²) < 4.78 is 25.3. The third-order valence-electron chi connectivity index (χ3n) is 7.59. The molecule has 5 heteroatoms. The zero-order valence-electron chi connectivity index (χ0n) is 15.9. The average molecular weight is 366 g/mol. The monoisotopic (exact) mass is 366 g/mol. The molecule has 1 N–H and O–H groups in total. The highest BCUT2D eigenvalue weighted by Crippen LogP contribution is 2.46. The van der Waals surface area contributed by atoms with Crippen molar-refractivity contribution in [3.05, 3.63) is 0 Å². The highest BCUT2D eigenvalue weighted by atomic mass is 16.8. The predicted octanol–water partition coefficient (Wildman–Crippen LogP) is 3.38. The Kier molecular flexibility index (Phi) is 5.03. The van der Waals surface area contributed by atoms with E-state index in [2.05, 4.69) is 6.92 Å². The van der Waals surface area contributed by atoms with Gasteiger partial charge in [0.1, 0.15) is 18.3 Å². The fourth-order valence-corrected chi connectivity index (χ4v) is 6.02. The van der Waals surface area contributed by atoms with Crippen LogP contribution in [0.5, 0.6) is 0 Å². The molecule has 0 aromatic heterocycles. The molecule has 2 heterocycles. The van der Waals surface area contributed by atoms with E-state index >= 15 is 0 Å². The number of aliphatic hydroxyl groups is 1. The van der Waals surface area contributed by atoms with Gasteiger partial charge in [-0.15, -0.1) is 0 Å². The SMILES string of the molecule is C[C@@H]1[C@H]2OC(C3CCCCC3)O[C@H]2[C@@H](O)[C@@H]2OC(C3CCCCC3)O[C@@H]12. The van der Waals surface area contributed by atoms with Crippen LogP contribution in [0.15, 0.2) is 0 Å². The topological polar surface area (TPSA) is 57.2 Å². The Hall–Kier alpha value is -0.200. The van der Waals surface area contributed by atoms with Crippen molar-refractivity contribution < 1.29 is 24.1 Å². The Morgan fingerprint density at radius 3 is 1.38 bits per heavy atom. The molecule has 0 aromatic rings. The summed E-state index contributed by atoms with van der Waals surface area (Å²) in [5.41, 5.74) is 0. The van der Waals surface area contributed by atoms with Crippen molar-refractivity contribution >= 4 is 0 Å². The van der Waals surface area contributed by atoms with Crippen LogP contribution in [0.25, 0.3) is 0 Å². The lowest BCUT2D eigenvalue weighted by atomic mass is 9.80. The molecule has 8 atom stereocenters. The molecular weight excluding hydrogens is 332 g/mol. The first-order valence-electron chi connectivity index (χ1n) is 11.0. The van der Waals surface area contributed by atoms with E-state index in [0.29, 0.717) is 11.8 Å². The number of aliphatic hydroxyl groups excluding tert-OH is 1. The summed E-state index contributed by atoms with van der Waals surface area (Å²) in [7, 11) is 0. The lowest BCUT2D eigenvalue weighted by Gasteiger charge is -2.39. The highest BCUT2D eigenvalue weighted by molar-refractivity contribution is 5.05. The molecule has 26 heavy (non-hydrogen) atoms. The first-order chi connectivity index (χ1) is 12.7. The maximum Gasteiger partial charge on any atom is 0.161 e. The van der Waals surface area contributed by atoms with Crippen LogP contribution in [-0.4, -0.2) is 48.2 Å². The Labute approximate surface area is 156 Å². The second-order valence-electron chi connectivity index (χ2n) is 9.29. The summed E-state index contributed by atoms with van der Waals surface area (Å²) in [4.78, 5) is 0. The zero-order valence-corrected chi connectivity index (χ0v) is 15.9. The number of hydrogen-bond donors (Lipinski definition) is 1. The second-order valence-corrected chi connectivity index (χ2v) is 9.29. The Balaban J connectivity index is 1.27. The van der Waals surface area contributed by atoms with E-state index in [0.717, 1.165) is 0 Å². The van der Waals surface area contributed by atoms with Crippen molar-refractivity contribution in [2.24, 2.45) is 17.8 Å². The molecular formula is C21H34O5. The zero-order chi connectivity index (χ0) is 17.7. The van der Waals surface area contributed by atoms with Crippen LogP contribution in [0.4, 0.5) is 0 Å². The summed E-state index contributed by atoms with van der Waals surface area (Å²) in [5, 5.41) is 11.0. The van der Waals surface area contributed by atoms with Gasteiger partial charge in [-0.05, 0) is 25.7 Å². The van der Waals surface area contributed by atoms with Gasteiger partial charge in [-0.1, -0.05) is 45.4 Å². The van der Waals surface area contributed by atoms with Crippen LogP contribution in [0.2, 0.25) is 0 Å². The van der Waals surface area contributed by atoms with Crippen molar-refractivity contribution in [3.8, 4) is 0 Å². The molecule has 0 amide bonds. The van der Waals surface area contributed by atoms with Crippen molar-refractivity contribution in [2.45, 2.75) is 114 Å². The van der Waals surface area contributed by atoms with E-state index in [9.17, 15) is 5.11 Å². The van der Waals surface area contributed by atoms with Crippen molar-refractivity contribution in [1.29, 1.82) is 0 Å². The van der Waals surface area contributed by atoms with Crippen molar-refractivity contribution in [1.82, 2.24) is 0 Å². The summed E-state index contributed by atoms with van der Waals surface area (Å²) >= 11 is 0. The quantitative estimate of drug-likeness (QED) is 0.812. The van der Waals surface area contributed by atoms with Crippen LogP contribution in [0, 0.1) is 17.8 Å². The minimum Gasteiger partial charge on any atom is -0.387 e. The second kappa shape index (κ2) is 7.32. The van der Waals surface area contributed by atoms with E-state index in [-0.39, 0.29) is 42.9 Å². The van der Waals surface area contributed by atoms with Gasteiger partial charge in [0.05, 0.1) is 12.2 Å². The molecule has 5 nitrogen and oxygen atoms in total. The van der Waals surface area contributed by atoms with Crippen LogP contribution in [0.3, 0.4) is 0 Å². The smallest absolute Gasteiger partial charge is 0.161 e. The average Bonchev–Trinajstić information content (AvgIpc) is 3.33. The lowest BCUT2D eigenvalue weighted by Crippen LogP contribution is -2.57. The summed E-state index contributed by atoms with van der Waals surface area (Å²) in [6.45, 7) is 2.18. The molecule has 0 radical (unpaired) electrons. The fraction of sp³-hybridized carbons (Fsp3) is 1.00. The van der Waals surface area contributed by atoms with Crippen LogP contribution in [-0.2, 0) is 18.9 Å². The molecule has 3 saturated carbocycles. The molecule has 0 aromatic carbocycles. The molecule has 5 fully saturated rings. The largest absolute Gasteiger partial charge is 0.387 e. The van der Waals surface area contributed by atoms with Gasteiger partial charge < -0.3 is 24.1 Å². The number of hydrogen-bond acceptors (Lipinski definition) is 5. The molecule has 2 unspecified atom stereocenters. The van der Waals surface area contributed by atoms with E-state index in [4.69, 9.17) is 18.9 Å². The summed E-state index contributed by atoms with van der Waals surface area (Å²) in [5.74, 6) is 1.14. The van der Waals surface area contributed by atoms with Gasteiger partial charge in [-0.2, -0.15) is 0 Å². The molecule has 0 bridgehead atoms. The van der Waals surface area contributed by atoms with E-state index in [1.165, 1.54) is 64.2 Å². The third-order valence-corrected chi connectivity index (χ3v) is 7.59. The Morgan fingerprint density at radius 1 is 0.577 bits per heavy atom. The molecule has 2 aliphatic heterocycles.